The number of aromatic amines is 1. The molecule has 3 aromatic heterocycles. The normalized spacial score (nSPS) is 20.3. The van der Waals surface area contributed by atoms with E-state index in [4.69, 9.17) is 16.3 Å². The summed E-state index contributed by atoms with van der Waals surface area (Å²) in [7, 11) is 1.73. The van der Waals surface area contributed by atoms with E-state index in [9.17, 15) is 9.59 Å². The number of hydrogen-bond donors (Lipinski definition) is 1. The monoisotopic (exact) mass is 483 g/mol. The first-order valence-electron chi connectivity index (χ1n) is 11.0. The fourth-order valence-corrected chi connectivity index (χ4v) is 6.58. The van der Waals surface area contributed by atoms with Crippen LogP contribution >= 0.6 is 22.9 Å². The van der Waals surface area contributed by atoms with Gasteiger partial charge < -0.3 is 14.6 Å². The van der Waals surface area contributed by atoms with Crippen molar-refractivity contribution >= 4 is 43.5 Å². The van der Waals surface area contributed by atoms with Crippen molar-refractivity contribution in [2.24, 2.45) is 5.92 Å². The minimum Gasteiger partial charge on any atom is -0.496 e. The molecular formula is C23H22ClN5O3S. The number of rotatable bonds is 4. The lowest BCUT2D eigenvalue weighted by atomic mass is 9.77. The van der Waals surface area contributed by atoms with Crippen molar-refractivity contribution in [2.75, 3.05) is 26.7 Å². The lowest BCUT2D eigenvalue weighted by molar-refractivity contribution is 0.303. The van der Waals surface area contributed by atoms with Crippen LogP contribution < -0.4 is 16.0 Å². The summed E-state index contributed by atoms with van der Waals surface area (Å²) in [6.07, 6.45) is 3.60. The van der Waals surface area contributed by atoms with Gasteiger partial charge in [-0.25, -0.2) is 14.8 Å². The summed E-state index contributed by atoms with van der Waals surface area (Å²) in [5.74, 6) is 2.03. The van der Waals surface area contributed by atoms with Crippen molar-refractivity contribution in [1.82, 2.24) is 24.4 Å². The number of likely N-dealkylation sites (tertiary alicyclic amines) is 1. The van der Waals surface area contributed by atoms with Gasteiger partial charge in [-0.3, -0.25) is 9.36 Å². The van der Waals surface area contributed by atoms with Gasteiger partial charge in [-0.05, 0) is 36.0 Å². The number of methoxy groups -OCH3 is 1. The fraction of sp³-hybridized carbons (Fsp3) is 0.391. The highest BCUT2D eigenvalue weighted by molar-refractivity contribution is 7.25. The summed E-state index contributed by atoms with van der Waals surface area (Å²) >= 11 is 7.18. The van der Waals surface area contributed by atoms with Crippen molar-refractivity contribution in [3.8, 4) is 5.75 Å². The molecule has 6 rings (SSSR count). The molecule has 2 unspecified atom stereocenters. The molecular weight excluding hydrogens is 462 g/mol. The summed E-state index contributed by atoms with van der Waals surface area (Å²) in [6, 6.07) is 6.32. The van der Waals surface area contributed by atoms with Crippen molar-refractivity contribution in [2.45, 2.75) is 25.3 Å². The fourth-order valence-electron chi connectivity index (χ4n) is 5.46. The predicted octanol–water partition coefficient (Wildman–Crippen LogP) is 3.02. The van der Waals surface area contributed by atoms with Crippen LogP contribution in [0.1, 0.15) is 23.5 Å². The molecule has 8 nitrogen and oxygen atoms in total. The SMILES string of the molecule is COc1cccc2c1CCC1CN(CCn3c(=O)[nH]c4c(sc5ncc(Cl)nc54)c3=O)CC21. The molecule has 0 bridgehead atoms. The number of nitrogens with zero attached hydrogens (tertiary/aromatic N) is 4. The highest BCUT2D eigenvalue weighted by Crippen LogP contribution is 2.43. The second-order valence-corrected chi connectivity index (χ2v) is 10.1. The molecule has 33 heavy (non-hydrogen) atoms. The van der Waals surface area contributed by atoms with E-state index < -0.39 is 5.69 Å². The number of thiophene rings is 1. The zero-order valence-electron chi connectivity index (χ0n) is 18.0. The third kappa shape index (κ3) is 3.37. The number of nitrogens with one attached hydrogen (secondary N) is 1. The number of H-pyrrole nitrogens is 1. The van der Waals surface area contributed by atoms with Gasteiger partial charge in [-0.2, -0.15) is 0 Å². The molecule has 1 fully saturated rings. The molecule has 4 aromatic rings. The first kappa shape index (κ1) is 20.8. The van der Waals surface area contributed by atoms with Crippen LogP contribution in [0.3, 0.4) is 0 Å². The molecule has 2 atom stereocenters. The van der Waals surface area contributed by atoms with Gasteiger partial charge >= 0.3 is 5.69 Å². The van der Waals surface area contributed by atoms with Gasteiger partial charge in [-0.15, -0.1) is 11.3 Å². The van der Waals surface area contributed by atoms with Crippen LogP contribution in [0.25, 0.3) is 20.6 Å². The quantitative estimate of drug-likeness (QED) is 0.479. The molecule has 1 aliphatic heterocycles. The van der Waals surface area contributed by atoms with Gasteiger partial charge in [0.1, 0.15) is 25.9 Å². The third-order valence-electron chi connectivity index (χ3n) is 7.00. The Balaban J connectivity index is 1.26. The van der Waals surface area contributed by atoms with Gasteiger partial charge in [0, 0.05) is 32.1 Å². The van der Waals surface area contributed by atoms with Crippen LogP contribution in [-0.2, 0) is 13.0 Å². The van der Waals surface area contributed by atoms with Crippen molar-refractivity contribution < 1.29 is 4.74 Å². The molecule has 4 heterocycles. The van der Waals surface area contributed by atoms with Gasteiger partial charge in [0.25, 0.3) is 5.56 Å². The Kier molecular flexibility index (Phi) is 5.01. The van der Waals surface area contributed by atoms with E-state index in [0.29, 0.717) is 45.5 Å². The summed E-state index contributed by atoms with van der Waals surface area (Å²) in [4.78, 5) is 40.1. The van der Waals surface area contributed by atoms with Crippen LogP contribution in [-0.4, -0.2) is 51.2 Å². The number of fused-ring (bicyclic) bond motifs is 6. The van der Waals surface area contributed by atoms with Gasteiger partial charge in [0.15, 0.2) is 0 Å². The van der Waals surface area contributed by atoms with E-state index in [1.165, 1.54) is 33.2 Å². The standard InChI is InChI=1S/C23H22ClN5O3S/c1-32-16-4-2-3-13-14(16)6-5-12-10-28(11-15(12)13)7-8-29-22(30)20-18(27-23(29)31)19-21(33-20)25-9-17(24)26-19/h2-4,9,12,15H,5-8,10-11H2,1H3,(H,27,31). The Morgan fingerprint density at radius 2 is 2.15 bits per heavy atom. The number of hydrogen-bond acceptors (Lipinski definition) is 7. The second kappa shape index (κ2) is 7.93. The van der Waals surface area contributed by atoms with Crippen LogP contribution in [0.2, 0.25) is 5.15 Å². The number of aromatic nitrogens is 4. The van der Waals surface area contributed by atoms with E-state index in [-0.39, 0.29) is 10.7 Å². The number of halogens is 1. The third-order valence-corrected chi connectivity index (χ3v) is 8.26. The summed E-state index contributed by atoms with van der Waals surface area (Å²) in [5.41, 5.74) is 2.85. The molecule has 0 saturated carbocycles. The maximum atomic E-state index is 13.1. The number of benzene rings is 1. The van der Waals surface area contributed by atoms with Gasteiger partial charge in [-0.1, -0.05) is 23.7 Å². The lowest BCUT2D eigenvalue weighted by Crippen LogP contribution is -2.38. The predicted molar refractivity (Wildman–Crippen MR) is 129 cm³/mol. The van der Waals surface area contributed by atoms with Crippen LogP contribution in [0, 0.1) is 5.92 Å². The summed E-state index contributed by atoms with van der Waals surface area (Å²) in [5, 5.41) is 0.224. The maximum Gasteiger partial charge on any atom is 0.328 e. The average Bonchev–Trinajstić information content (AvgIpc) is 3.40. The molecule has 0 radical (unpaired) electrons. The zero-order valence-corrected chi connectivity index (χ0v) is 19.6. The van der Waals surface area contributed by atoms with Gasteiger partial charge in [0.05, 0.1) is 18.8 Å². The van der Waals surface area contributed by atoms with Crippen LogP contribution in [0.15, 0.2) is 34.0 Å². The molecule has 1 aromatic carbocycles. The zero-order chi connectivity index (χ0) is 22.7. The minimum absolute atomic E-state index is 0.224. The smallest absolute Gasteiger partial charge is 0.328 e. The Hall–Kier alpha value is -2.75. The Labute approximate surface area is 197 Å². The van der Waals surface area contributed by atoms with E-state index in [0.717, 1.165) is 31.7 Å². The largest absolute Gasteiger partial charge is 0.496 e. The molecule has 170 valence electrons. The highest BCUT2D eigenvalue weighted by atomic mass is 35.5. The van der Waals surface area contributed by atoms with Crippen molar-refractivity contribution in [3.05, 3.63) is 61.5 Å². The van der Waals surface area contributed by atoms with E-state index >= 15 is 0 Å². The maximum absolute atomic E-state index is 13.1. The second-order valence-electron chi connectivity index (χ2n) is 8.73. The molecule has 1 N–H and O–H groups in total. The first-order chi connectivity index (χ1) is 16.0. The average molecular weight is 484 g/mol. The van der Waals surface area contributed by atoms with E-state index in [2.05, 4.69) is 32.0 Å². The number of ether oxygens (including phenoxy) is 1. The Bertz CT molecular complexity index is 1510. The Morgan fingerprint density at radius 1 is 1.27 bits per heavy atom. The van der Waals surface area contributed by atoms with Crippen LogP contribution in [0.5, 0.6) is 5.75 Å². The molecule has 1 saturated heterocycles. The molecule has 0 spiro atoms. The molecule has 10 heteroatoms. The molecule has 1 aliphatic carbocycles. The lowest BCUT2D eigenvalue weighted by Gasteiger charge is -2.28. The van der Waals surface area contributed by atoms with E-state index in [1.54, 1.807) is 7.11 Å². The summed E-state index contributed by atoms with van der Waals surface area (Å²) in [6.45, 7) is 2.89. The van der Waals surface area contributed by atoms with Crippen LogP contribution in [0.4, 0.5) is 0 Å². The molecule has 2 aliphatic rings. The highest BCUT2D eigenvalue weighted by Gasteiger charge is 2.38. The minimum atomic E-state index is -0.430. The topological polar surface area (TPSA) is 93.1 Å². The van der Waals surface area contributed by atoms with E-state index in [1.807, 2.05) is 6.07 Å². The van der Waals surface area contributed by atoms with Gasteiger partial charge in [0.2, 0.25) is 0 Å². The Morgan fingerprint density at radius 3 is 3.00 bits per heavy atom. The summed E-state index contributed by atoms with van der Waals surface area (Å²) < 4.78 is 7.32. The van der Waals surface area contributed by atoms with Crippen molar-refractivity contribution in [3.63, 3.8) is 0 Å². The first-order valence-corrected chi connectivity index (χ1v) is 12.2. The van der Waals surface area contributed by atoms with Crippen molar-refractivity contribution in [1.29, 1.82) is 0 Å². The molecule has 0 amide bonds.